The molecule has 0 radical (unpaired) electrons. The van der Waals surface area contributed by atoms with Crippen LogP contribution in [0.1, 0.15) is 59.3 Å². The Kier molecular flexibility index (Phi) is 5.65. The van der Waals surface area contributed by atoms with Gasteiger partial charge in [-0.15, -0.1) is 0 Å². The van der Waals surface area contributed by atoms with Gasteiger partial charge in [0.1, 0.15) is 6.04 Å². The van der Waals surface area contributed by atoms with Crippen LogP contribution in [0.15, 0.2) is 0 Å². The Hall–Kier alpha value is -1.06. The molecular weight excluding hydrogens is 264 g/mol. The van der Waals surface area contributed by atoms with Crippen LogP contribution in [-0.2, 0) is 9.59 Å². The fourth-order valence-electron chi connectivity index (χ4n) is 3.74. The van der Waals surface area contributed by atoms with Crippen molar-refractivity contribution in [3.05, 3.63) is 0 Å². The summed E-state index contributed by atoms with van der Waals surface area (Å²) in [6, 6.07) is -0.319. The minimum Gasteiger partial charge on any atom is -0.344 e. The minimum absolute atomic E-state index is 0.0218. The number of nitrogens with one attached hydrogen (secondary N) is 1. The fourth-order valence-corrected chi connectivity index (χ4v) is 3.74. The van der Waals surface area contributed by atoms with Gasteiger partial charge in [0.2, 0.25) is 11.8 Å². The molecule has 0 bridgehead atoms. The Morgan fingerprint density at radius 1 is 1.29 bits per heavy atom. The first-order valence-electron chi connectivity index (χ1n) is 8.54. The van der Waals surface area contributed by atoms with Crippen LogP contribution in [0.2, 0.25) is 0 Å². The molecule has 0 aromatic carbocycles. The van der Waals surface area contributed by atoms with Crippen LogP contribution in [0.4, 0.5) is 0 Å². The van der Waals surface area contributed by atoms with E-state index >= 15 is 0 Å². The van der Waals surface area contributed by atoms with E-state index in [1.807, 2.05) is 4.90 Å². The van der Waals surface area contributed by atoms with Crippen molar-refractivity contribution in [3.8, 4) is 0 Å². The maximum absolute atomic E-state index is 12.7. The molecule has 0 aromatic rings. The summed E-state index contributed by atoms with van der Waals surface area (Å²) in [5.74, 6) is 1.96. The maximum Gasteiger partial charge on any atom is 0.245 e. The maximum atomic E-state index is 12.7. The third-order valence-corrected chi connectivity index (χ3v) is 4.78. The van der Waals surface area contributed by atoms with Gasteiger partial charge in [-0.2, -0.15) is 0 Å². The van der Waals surface area contributed by atoms with Crippen molar-refractivity contribution in [1.29, 1.82) is 0 Å². The van der Waals surface area contributed by atoms with Crippen LogP contribution in [0, 0.1) is 17.8 Å². The highest BCUT2D eigenvalue weighted by molar-refractivity contribution is 5.89. The van der Waals surface area contributed by atoms with Gasteiger partial charge in [-0.25, -0.2) is 0 Å². The van der Waals surface area contributed by atoms with Crippen LogP contribution < -0.4 is 5.32 Å². The summed E-state index contributed by atoms with van der Waals surface area (Å²) in [5.41, 5.74) is 0. The van der Waals surface area contributed by atoms with E-state index < -0.39 is 0 Å². The summed E-state index contributed by atoms with van der Waals surface area (Å²) in [4.78, 5) is 26.5. The smallest absolute Gasteiger partial charge is 0.245 e. The van der Waals surface area contributed by atoms with Gasteiger partial charge in [0.15, 0.2) is 0 Å². The Morgan fingerprint density at radius 3 is 2.71 bits per heavy atom. The van der Waals surface area contributed by atoms with Crippen molar-refractivity contribution < 1.29 is 9.59 Å². The molecule has 2 rings (SSSR count). The number of hydrogen-bond acceptors (Lipinski definition) is 2. The number of carbonyl (C=O) groups is 2. The summed E-state index contributed by atoms with van der Waals surface area (Å²) in [7, 11) is 0. The van der Waals surface area contributed by atoms with Gasteiger partial charge in [-0.1, -0.05) is 33.6 Å². The Balaban J connectivity index is 1.99. The molecule has 3 unspecified atom stereocenters. The third kappa shape index (κ3) is 4.72. The lowest BCUT2D eigenvalue weighted by Crippen LogP contribution is -2.46. The van der Waals surface area contributed by atoms with Gasteiger partial charge in [-0.3, -0.25) is 9.59 Å². The highest BCUT2D eigenvalue weighted by atomic mass is 16.2. The number of amides is 2. The van der Waals surface area contributed by atoms with Crippen LogP contribution in [0.25, 0.3) is 0 Å². The largest absolute Gasteiger partial charge is 0.344 e. The van der Waals surface area contributed by atoms with Crippen LogP contribution in [0.5, 0.6) is 0 Å². The van der Waals surface area contributed by atoms with Gasteiger partial charge in [0.25, 0.3) is 0 Å². The quantitative estimate of drug-likeness (QED) is 0.866. The van der Waals surface area contributed by atoms with Crippen molar-refractivity contribution in [2.45, 2.75) is 65.3 Å². The Labute approximate surface area is 128 Å². The predicted octanol–water partition coefficient (Wildman–Crippen LogP) is 2.58. The first-order chi connectivity index (χ1) is 9.95. The number of rotatable bonds is 4. The van der Waals surface area contributed by atoms with Gasteiger partial charge in [-0.05, 0) is 37.0 Å². The van der Waals surface area contributed by atoms with Gasteiger partial charge in [0.05, 0.1) is 0 Å². The molecule has 3 atom stereocenters. The van der Waals surface area contributed by atoms with E-state index in [2.05, 4.69) is 26.1 Å². The average molecular weight is 294 g/mol. The predicted molar refractivity (Wildman–Crippen MR) is 83.7 cm³/mol. The Morgan fingerprint density at radius 2 is 2.05 bits per heavy atom. The monoisotopic (exact) mass is 294 g/mol. The molecule has 1 saturated heterocycles. The second-order valence-corrected chi connectivity index (χ2v) is 7.42. The molecule has 2 aliphatic rings. The molecule has 2 fully saturated rings. The molecule has 0 spiro atoms. The van der Waals surface area contributed by atoms with Gasteiger partial charge >= 0.3 is 0 Å². The van der Waals surface area contributed by atoms with E-state index in [0.717, 1.165) is 18.9 Å². The number of hydrogen-bond donors (Lipinski definition) is 1. The lowest BCUT2D eigenvalue weighted by Gasteiger charge is -2.32. The van der Waals surface area contributed by atoms with Crippen molar-refractivity contribution in [3.63, 3.8) is 0 Å². The molecule has 1 N–H and O–H groups in total. The first-order valence-corrected chi connectivity index (χ1v) is 8.54. The average Bonchev–Trinajstić information content (AvgIpc) is 2.52. The lowest BCUT2D eigenvalue weighted by molar-refractivity contribution is -0.134. The normalized spacial score (nSPS) is 31.2. The van der Waals surface area contributed by atoms with Crippen LogP contribution in [0.3, 0.4) is 0 Å². The molecular formula is C17H30N2O2. The summed E-state index contributed by atoms with van der Waals surface area (Å²) < 4.78 is 0. The van der Waals surface area contributed by atoms with Crippen molar-refractivity contribution in [2.75, 3.05) is 13.1 Å². The van der Waals surface area contributed by atoms with E-state index in [1.54, 1.807) is 0 Å². The van der Waals surface area contributed by atoms with Crippen molar-refractivity contribution in [1.82, 2.24) is 10.2 Å². The molecule has 2 amide bonds. The summed E-state index contributed by atoms with van der Waals surface area (Å²) in [6.07, 6.45) is 6.23. The topological polar surface area (TPSA) is 49.4 Å². The van der Waals surface area contributed by atoms with E-state index in [1.165, 1.54) is 25.7 Å². The summed E-state index contributed by atoms with van der Waals surface area (Å²) in [6.45, 7) is 7.93. The molecule has 4 heteroatoms. The molecule has 1 aliphatic carbocycles. The van der Waals surface area contributed by atoms with E-state index in [9.17, 15) is 9.59 Å². The van der Waals surface area contributed by atoms with Crippen LogP contribution in [-0.4, -0.2) is 35.8 Å². The summed E-state index contributed by atoms with van der Waals surface area (Å²) >= 11 is 0. The summed E-state index contributed by atoms with van der Waals surface area (Å²) in [5, 5.41) is 2.91. The van der Waals surface area contributed by atoms with Crippen molar-refractivity contribution in [2.24, 2.45) is 17.8 Å². The highest BCUT2D eigenvalue weighted by Crippen LogP contribution is 2.29. The first kappa shape index (κ1) is 16.3. The number of nitrogens with zero attached hydrogens (tertiary/aromatic N) is 1. The van der Waals surface area contributed by atoms with E-state index in [-0.39, 0.29) is 17.9 Å². The molecule has 1 heterocycles. The fraction of sp³-hybridized carbons (Fsp3) is 0.882. The number of carbonyl (C=O) groups excluding carboxylic acids is 2. The minimum atomic E-state index is -0.319. The van der Waals surface area contributed by atoms with Gasteiger partial charge < -0.3 is 10.2 Å². The van der Waals surface area contributed by atoms with E-state index in [4.69, 9.17) is 0 Å². The molecule has 1 saturated carbocycles. The third-order valence-electron chi connectivity index (χ3n) is 4.78. The highest BCUT2D eigenvalue weighted by Gasteiger charge is 2.32. The molecule has 0 aromatic heterocycles. The second kappa shape index (κ2) is 7.28. The van der Waals surface area contributed by atoms with Gasteiger partial charge in [0, 0.05) is 19.5 Å². The van der Waals surface area contributed by atoms with Crippen molar-refractivity contribution >= 4 is 11.8 Å². The molecule has 1 aliphatic heterocycles. The second-order valence-electron chi connectivity index (χ2n) is 7.42. The SMILES string of the molecule is CC(C)CC1NC(=O)CCN(CC2CCCC(C)C2)C1=O. The Bertz CT molecular complexity index is 381. The van der Waals surface area contributed by atoms with E-state index in [0.29, 0.717) is 24.8 Å². The standard InChI is InChI=1S/C17H30N2O2/c1-12(2)9-15-17(21)19(8-7-16(20)18-15)11-14-6-4-5-13(3)10-14/h12-15H,4-11H2,1-3H3,(H,18,20). The lowest BCUT2D eigenvalue weighted by atomic mass is 9.82. The molecule has 4 nitrogen and oxygen atoms in total. The zero-order chi connectivity index (χ0) is 15.4. The molecule has 120 valence electrons. The van der Waals surface area contributed by atoms with Crippen LogP contribution >= 0.6 is 0 Å². The zero-order valence-electron chi connectivity index (χ0n) is 13.7. The molecule has 21 heavy (non-hydrogen) atoms. The zero-order valence-corrected chi connectivity index (χ0v) is 13.7.